The molecule has 1 heterocycles. The monoisotopic (exact) mass is 280 g/mol. The van der Waals surface area contributed by atoms with E-state index in [0.29, 0.717) is 25.9 Å². The highest BCUT2D eigenvalue weighted by atomic mass is 16.4. The van der Waals surface area contributed by atoms with E-state index in [2.05, 4.69) is 5.32 Å². The molecule has 0 radical (unpaired) electrons. The molecule has 1 aromatic rings. The summed E-state index contributed by atoms with van der Waals surface area (Å²) in [6, 6.07) is 3.40. The standard InChI is InChI=1S/C14H20N2O4/c1-2-16(9-12-4-3-7-20-12)14(19)15-11-6-5-10(8-11)13(17)18/h3-4,7,10-11H,2,5-6,8-9H2,1H3,(H,15,19)(H,17,18). The maximum absolute atomic E-state index is 12.2. The second kappa shape index (κ2) is 6.45. The Bertz CT molecular complexity index is 458. The second-order valence-corrected chi connectivity index (χ2v) is 5.09. The summed E-state index contributed by atoms with van der Waals surface area (Å²) in [5.74, 6) is -0.373. The summed E-state index contributed by atoms with van der Waals surface area (Å²) >= 11 is 0. The van der Waals surface area contributed by atoms with Gasteiger partial charge in [-0.25, -0.2) is 4.79 Å². The van der Waals surface area contributed by atoms with Crippen molar-refractivity contribution in [3.8, 4) is 0 Å². The zero-order valence-corrected chi connectivity index (χ0v) is 11.5. The summed E-state index contributed by atoms with van der Waals surface area (Å²) in [6.07, 6.45) is 3.44. The van der Waals surface area contributed by atoms with E-state index < -0.39 is 5.97 Å². The summed E-state index contributed by atoms with van der Waals surface area (Å²) in [5.41, 5.74) is 0. The number of amides is 2. The molecule has 0 aromatic carbocycles. The molecule has 0 aliphatic heterocycles. The Morgan fingerprint density at radius 2 is 2.30 bits per heavy atom. The number of carboxylic acids is 1. The van der Waals surface area contributed by atoms with Crippen LogP contribution < -0.4 is 5.32 Å². The zero-order valence-electron chi connectivity index (χ0n) is 11.5. The Kier molecular flexibility index (Phi) is 4.65. The molecule has 1 saturated carbocycles. The predicted molar refractivity (Wildman–Crippen MR) is 72.1 cm³/mol. The van der Waals surface area contributed by atoms with Gasteiger partial charge < -0.3 is 19.7 Å². The second-order valence-electron chi connectivity index (χ2n) is 5.09. The van der Waals surface area contributed by atoms with Gasteiger partial charge in [0.05, 0.1) is 18.7 Å². The number of carbonyl (C=O) groups is 2. The van der Waals surface area contributed by atoms with Crippen molar-refractivity contribution in [2.24, 2.45) is 5.92 Å². The molecular weight excluding hydrogens is 260 g/mol. The van der Waals surface area contributed by atoms with E-state index >= 15 is 0 Å². The van der Waals surface area contributed by atoms with Crippen molar-refractivity contribution in [2.45, 2.75) is 38.8 Å². The van der Waals surface area contributed by atoms with Gasteiger partial charge in [0.1, 0.15) is 5.76 Å². The minimum Gasteiger partial charge on any atom is -0.481 e. The van der Waals surface area contributed by atoms with E-state index in [1.165, 1.54) is 0 Å². The van der Waals surface area contributed by atoms with Crippen LogP contribution in [0.1, 0.15) is 31.9 Å². The number of carboxylic acid groups (broad SMARTS) is 1. The van der Waals surface area contributed by atoms with Crippen LogP contribution in [0.2, 0.25) is 0 Å². The van der Waals surface area contributed by atoms with Gasteiger partial charge >= 0.3 is 12.0 Å². The highest BCUT2D eigenvalue weighted by Gasteiger charge is 2.31. The lowest BCUT2D eigenvalue weighted by molar-refractivity contribution is -0.141. The number of hydrogen-bond acceptors (Lipinski definition) is 3. The quantitative estimate of drug-likeness (QED) is 0.865. The molecule has 2 rings (SSSR count). The Balaban J connectivity index is 1.85. The third-order valence-corrected chi connectivity index (χ3v) is 3.71. The smallest absolute Gasteiger partial charge is 0.318 e. The number of rotatable bonds is 5. The number of nitrogens with one attached hydrogen (secondary N) is 1. The lowest BCUT2D eigenvalue weighted by Crippen LogP contribution is -2.43. The number of nitrogens with zero attached hydrogens (tertiary/aromatic N) is 1. The fourth-order valence-corrected chi connectivity index (χ4v) is 2.52. The van der Waals surface area contributed by atoms with Gasteiger partial charge in [-0.2, -0.15) is 0 Å². The fraction of sp³-hybridized carbons (Fsp3) is 0.571. The largest absolute Gasteiger partial charge is 0.481 e. The van der Waals surface area contributed by atoms with Crippen LogP contribution in [-0.2, 0) is 11.3 Å². The van der Waals surface area contributed by atoms with Crippen LogP contribution in [0.3, 0.4) is 0 Å². The van der Waals surface area contributed by atoms with E-state index in [1.54, 1.807) is 17.2 Å². The van der Waals surface area contributed by atoms with Gasteiger partial charge in [0.25, 0.3) is 0 Å². The topological polar surface area (TPSA) is 82.8 Å². The summed E-state index contributed by atoms with van der Waals surface area (Å²) in [7, 11) is 0. The van der Waals surface area contributed by atoms with E-state index in [9.17, 15) is 9.59 Å². The number of aliphatic carboxylic acids is 1. The third-order valence-electron chi connectivity index (χ3n) is 3.71. The molecular formula is C14H20N2O4. The molecule has 0 saturated heterocycles. The average Bonchev–Trinajstić information content (AvgIpc) is 3.06. The molecule has 0 bridgehead atoms. The first-order valence-electron chi connectivity index (χ1n) is 6.90. The van der Waals surface area contributed by atoms with Crippen molar-refractivity contribution in [1.82, 2.24) is 10.2 Å². The molecule has 20 heavy (non-hydrogen) atoms. The molecule has 0 spiro atoms. The lowest BCUT2D eigenvalue weighted by Gasteiger charge is -2.23. The minimum absolute atomic E-state index is 0.0470. The molecule has 2 unspecified atom stereocenters. The van der Waals surface area contributed by atoms with Crippen LogP contribution in [0.4, 0.5) is 4.79 Å². The van der Waals surface area contributed by atoms with Crippen LogP contribution in [0.5, 0.6) is 0 Å². The van der Waals surface area contributed by atoms with Crippen LogP contribution in [-0.4, -0.2) is 34.6 Å². The molecule has 2 amide bonds. The first-order chi connectivity index (χ1) is 9.60. The Morgan fingerprint density at radius 1 is 1.50 bits per heavy atom. The van der Waals surface area contributed by atoms with Gasteiger partial charge in [-0.1, -0.05) is 0 Å². The van der Waals surface area contributed by atoms with Crippen molar-refractivity contribution in [1.29, 1.82) is 0 Å². The van der Waals surface area contributed by atoms with E-state index in [1.807, 2.05) is 13.0 Å². The maximum Gasteiger partial charge on any atom is 0.318 e. The van der Waals surface area contributed by atoms with Crippen molar-refractivity contribution >= 4 is 12.0 Å². The normalized spacial score (nSPS) is 21.6. The van der Waals surface area contributed by atoms with Crippen molar-refractivity contribution in [3.05, 3.63) is 24.2 Å². The average molecular weight is 280 g/mol. The molecule has 2 N–H and O–H groups in total. The molecule has 1 fully saturated rings. The summed E-state index contributed by atoms with van der Waals surface area (Å²) in [5, 5.41) is 11.9. The van der Waals surface area contributed by atoms with Crippen molar-refractivity contribution in [3.63, 3.8) is 0 Å². The van der Waals surface area contributed by atoms with Gasteiger partial charge in [-0.05, 0) is 38.3 Å². The minimum atomic E-state index is -0.773. The molecule has 1 aliphatic rings. The van der Waals surface area contributed by atoms with Crippen LogP contribution >= 0.6 is 0 Å². The van der Waals surface area contributed by atoms with Crippen LogP contribution in [0, 0.1) is 5.92 Å². The van der Waals surface area contributed by atoms with Gasteiger partial charge in [-0.3, -0.25) is 4.79 Å². The number of hydrogen-bond donors (Lipinski definition) is 2. The summed E-state index contributed by atoms with van der Waals surface area (Å²) in [4.78, 5) is 24.7. The highest BCUT2D eigenvalue weighted by Crippen LogP contribution is 2.25. The summed E-state index contributed by atoms with van der Waals surface area (Å²) in [6.45, 7) is 2.89. The molecule has 6 heteroatoms. The van der Waals surface area contributed by atoms with Crippen LogP contribution in [0.25, 0.3) is 0 Å². The first kappa shape index (κ1) is 14.4. The molecule has 2 atom stereocenters. The Morgan fingerprint density at radius 3 is 2.85 bits per heavy atom. The molecule has 1 aliphatic carbocycles. The molecule has 110 valence electrons. The highest BCUT2D eigenvalue weighted by molar-refractivity contribution is 5.75. The van der Waals surface area contributed by atoms with Crippen LogP contribution in [0.15, 0.2) is 22.8 Å². The maximum atomic E-state index is 12.2. The zero-order chi connectivity index (χ0) is 14.5. The Labute approximate surface area is 117 Å². The van der Waals surface area contributed by atoms with E-state index in [4.69, 9.17) is 9.52 Å². The number of urea groups is 1. The number of furan rings is 1. The summed E-state index contributed by atoms with van der Waals surface area (Å²) < 4.78 is 5.24. The van der Waals surface area contributed by atoms with Gasteiger partial charge in [0, 0.05) is 12.6 Å². The van der Waals surface area contributed by atoms with E-state index in [-0.39, 0.29) is 18.0 Å². The number of carbonyl (C=O) groups excluding carboxylic acids is 1. The Hall–Kier alpha value is -1.98. The van der Waals surface area contributed by atoms with Crippen molar-refractivity contribution in [2.75, 3.05) is 6.54 Å². The predicted octanol–water partition coefficient (Wildman–Crippen LogP) is 2.06. The SMILES string of the molecule is CCN(Cc1ccco1)C(=O)NC1CCC(C(=O)O)C1. The fourth-order valence-electron chi connectivity index (χ4n) is 2.52. The van der Waals surface area contributed by atoms with Gasteiger partial charge in [-0.15, -0.1) is 0 Å². The third kappa shape index (κ3) is 3.53. The van der Waals surface area contributed by atoms with E-state index in [0.717, 1.165) is 12.2 Å². The van der Waals surface area contributed by atoms with Gasteiger partial charge in [0.15, 0.2) is 0 Å². The van der Waals surface area contributed by atoms with Crippen molar-refractivity contribution < 1.29 is 19.1 Å². The van der Waals surface area contributed by atoms with Gasteiger partial charge in [0.2, 0.25) is 0 Å². The molecule has 6 nitrogen and oxygen atoms in total. The lowest BCUT2D eigenvalue weighted by atomic mass is 10.1. The first-order valence-corrected chi connectivity index (χ1v) is 6.90. The molecule has 1 aromatic heterocycles.